The highest BCUT2D eigenvalue weighted by Gasteiger charge is 2.70. The molecule has 3 saturated carbocycles. The highest BCUT2D eigenvalue weighted by Crippen LogP contribution is 2.66. The summed E-state index contributed by atoms with van der Waals surface area (Å²) in [4.78, 5) is 26.3. The van der Waals surface area contributed by atoms with Gasteiger partial charge in [-0.1, -0.05) is 34.6 Å². The molecule has 0 aliphatic heterocycles. The van der Waals surface area contributed by atoms with Gasteiger partial charge in [-0.15, -0.1) is 0 Å². The normalized spacial score (nSPS) is 38.2. The molecular weight excluding hydrogens is 516 g/mol. The summed E-state index contributed by atoms with van der Waals surface area (Å²) >= 11 is 0. The van der Waals surface area contributed by atoms with E-state index in [1.165, 1.54) is 0 Å². The number of Topliss-reactive ketones (excluding diaryl/α,β-unsaturated/α-hetero) is 1. The van der Waals surface area contributed by atoms with E-state index in [9.17, 15) is 14.7 Å². The van der Waals surface area contributed by atoms with E-state index in [1.54, 1.807) is 21.1 Å². The Hall–Kier alpha value is -0.683. The Morgan fingerprint density at radius 3 is 2.21 bits per heavy atom. The molecular formula is C30H54O8Si. The van der Waals surface area contributed by atoms with E-state index in [2.05, 4.69) is 40.8 Å². The molecule has 0 spiro atoms. The first-order valence-corrected chi connectivity index (χ1v) is 17.4. The van der Waals surface area contributed by atoms with Crippen molar-refractivity contribution in [3.63, 3.8) is 0 Å². The lowest BCUT2D eigenvalue weighted by Gasteiger charge is -2.52. The minimum Gasteiger partial charge on any atom is -0.413 e. The van der Waals surface area contributed by atoms with Crippen molar-refractivity contribution in [3.8, 4) is 0 Å². The largest absolute Gasteiger partial charge is 0.413 e. The summed E-state index contributed by atoms with van der Waals surface area (Å²) in [7, 11) is 1.01. The van der Waals surface area contributed by atoms with Crippen LogP contribution in [0.15, 0.2) is 0 Å². The standard InChI is InChI=1S/C30H54O8Si/c1-26(2,3)39(10,11)38-23-16-21(24(32)27(23,4)5)29(7,33)22-13-12-20-25(36-18-34-8)30(22,14-15-31)17-28(20,6)37-19-35-9/h15,20-23,25,33H,12-14,16-19H2,1-11H3/t20-,21-,22+,23+,25-,28-,29+,30+/m1/s1. The highest BCUT2D eigenvalue weighted by atomic mass is 28.4. The summed E-state index contributed by atoms with van der Waals surface area (Å²) in [5, 5.41) is 12.5. The molecule has 3 rings (SSSR count). The molecule has 39 heavy (non-hydrogen) atoms. The minimum atomic E-state index is -2.16. The lowest BCUT2D eigenvalue weighted by molar-refractivity contribution is -0.200. The van der Waals surface area contributed by atoms with E-state index in [4.69, 9.17) is 23.4 Å². The molecule has 0 radical (unpaired) electrons. The molecule has 3 aliphatic rings. The van der Waals surface area contributed by atoms with Crippen LogP contribution in [0, 0.1) is 28.6 Å². The van der Waals surface area contributed by atoms with Crippen molar-refractivity contribution in [2.75, 3.05) is 27.8 Å². The molecule has 1 N–H and O–H groups in total. The van der Waals surface area contributed by atoms with E-state index in [-0.39, 0.29) is 54.9 Å². The van der Waals surface area contributed by atoms with Gasteiger partial charge >= 0.3 is 0 Å². The van der Waals surface area contributed by atoms with Gasteiger partial charge in [0.05, 0.1) is 23.4 Å². The topological polar surface area (TPSA) is 101 Å². The average Bonchev–Trinajstić information content (AvgIpc) is 3.12. The van der Waals surface area contributed by atoms with Crippen molar-refractivity contribution in [2.24, 2.45) is 28.6 Å². The lowest BCUT2D eigenvalue weighted by Crippen LogP contribution is -2.58. The molecule has 8 nitrogen and oxygen atoms in total. The fraction of sp³-hybridized carbons (Fsp3) is 0.933. The summed E-state index contributed by atoms with van der Waals surface area (Å²) in [5.41, 5.74) is -3.40. The monoisotopic (exact) mass is 570 g/mol. The van der Waals surface area contributed by atoms with E-state index < -0.39 is 36.3 Å². The number of hydrogen-bond acceptors (Lipinski definition) is 8. The molecule has 0 saturated heterocycles. The molecule has 9 heteroatoms. The second-order valence-electron chi connectivity index (χ2n) is 14.8. The van der Waals surface area contributed by atoms with Crippen LogP contribution in [0.5, 0.6) is 0 Å². The third kappa shape index (κ3) is 5.58. The van der Waals surface area contributed by atoms with E-state index in [0.717, 1.165) is 12.7 Å². The first kappa shape index (κ1) is 32.8. The summed E-state index contributed by atoms with van der Waals surface area (Å²) in [5.74, 6) is -0.926. The zero-order valence-corrected chi connectivity index (χ0v) is 27.2. The second-order valence-corrected chi connectivity index (χ2v) is 19.6. The van der Waals surface area contributed by atoms with Gasteiger partial charge in [0, 0.05) is 43.3 Å². The molecule has 0 aromatic rings. The van der Waals surface area contributed by atoms with Gasteiger partial charge in [0.1, 0.15) is 25.7 Å². The fourth-order valence-electron chi connectivity index (χ4n) is 7.85. The first-order chi connectivity index (χ1) is 17.9. The molecule has 8 atom stereocenters. The van der Waals surface area contributed by atoms with Crippen LogP contribution in [-0.4, -0.2) is 76.7 Å². The van der Waals surface area contributed by atoms with Crippen LogP contribution in [0.3, 0.4) is 0 Å². The van der Waals surface area contributed by atoms with Gasteiger partial charge in [-0.05, 0) is 63.6 Å². The smallest absolute Gasteiger partial charge is 0.192 e. The van der Waals surface area contributed by atoms with Crippen molar-refractivity contribution in [1.82, 2.24) is 0 Å². The van der Waals surface area contributed by atoms with Crippen LogP contribution in [0.2, 0.25) is 18.1 Å². The zero-order chi connectivity index (χ0) is 29.7. The van der Waals surface area contributed by atoms with Crippen LogP contribution in [-0.2, 0) is 33.0 Å². The van der Waals surface area contributed by atoms with Gasteiger partial charge in [-0.25, -0.2) is 0 Å². The van der Waals surface area contributed by atoms with Crippen LogP contribution in [0.4, 0.5) is 0 Å². The number of fused-ring (bicyclic) bond motifs is 2. The Morgan fingerprint density at radius 1 is 1.05 bits per heavy atom. The summed E-state index contributed by atoms with van der Waals surface area (Å²) in [6.45, 7) is 19.0. The quantitative estimate of drug-likeness (QED) is 0.196. The first-order valence-electron chi connectivity index (χ1n) is 14.5. The van der Waals surface area contributed by atoms with E-state index in [0.29, 0.717) is 19.3 Å². The maximum Gasteiger partial charge on any atom is 0.192 e. The predicted octanol–water partition coefficient (Wildman–Crippen LogP) is 5.12. The van der Waals surface area contributed by atoms with Gasteiger partial charge in [0.15, 0.2) is 8.32 Å². The van der Waals surface area contributed by atoms with Gasteiger partial charge < -0.3 is 33.3 Å². The molecule has 226 valence electrons. The number of methoxy groups -OCH3 is 2. The highest BCUT2D eigenvalue weighted by molar-refractivity contribution is 6.74. The Labute approximate surface area is 236 Å². The number of ether oxygens (including phenoxy) is 4. The minimum absolute atomic E-state index is 0.000173. The average molecular weight is 571 g/mol. The molecule has 3 aliphatic carbocycles. The van der Waals surface area contributed by atoms with Crippen LogP contribution >= 0.6 is 0 Å². The molecule has 0 unspecified atom stereocenters. The molecule has 3 fully saturated rings. The molecule has 2 bridgehead atoms. The Morgan fingerprint density at radius 2 is 1.67 bits per heavy atom. The van der Waals surface area contributed by atoms with Crippen LogP contribution < -0.4 is 0 Å². The summed E-state index contributed by atoms with van der Waals surface area (Å²) in [6.07, 6.45) is 2.89. The third-order valence-electron chi connectivity index (χ3n) is 11.1. The number of carbonyl (C=O) groups excluding carboxylic acids is 2. The zero-order valence-electron chi connectivity index (χ0n) is 26.2. The van der Waals surface area contributed by atoms with Crippen LogP contribution in [0.25, 0.3) is 0 Å². The Balaban J connectivity index is 2.02. The fourth-order valence-corrected chi connectivity index (χ4v) is 9.31. The van der Waals surface area contributed by atoms with E-state index in [1.807, 2.05) is 13.8 Å². The van der Waals surface area contributed by atoms with Crippen molar-refractivity contribution in [3.05, 3.63) is 0 Å². The number of rotatable bonds is 12. The van der Waals surface area contributed by atoms with E-state index >= 15 is 0 Å². The SMILES string of the molecule is COCO[C@@H]1[C@H]2CC[C@@H]([C@@](C)(O)[C@@H]3C[C@H](O[Si](C)(C)C(C)(C)C)C(C)(C)C3=O)[C@]1(CC=O)C[C@@]2(C)OCOC. The Bertz CT molecular complexity index is 896. The van der Waals surface area contributed by atoms with Gasteiger partial charge in [-0.2, -0.15) is 0 Å². The van der Waals surface area contributed by atoms with Gasteiger partial charge in [0.2, 0.25) is 0 Å². The number of hydrogen-bond donors (Lipinski definition) is 1. The predicted molar refractivity (Wildman–Crippen MR) is 152 cm³/mol. The van der Waals surface area contributed by atoms with Gasteiger partial charge in [-0.3, -0.25) is 4.79 Å². The van der Waals surface area contributed by atoms with Crippen LogP contribution in [0.1, 0.15) is 80.6 Å². The van der Waals surface area contributed by atoms with Crippen molar-refractivity contribution < 1.29 is 38.1 Å². The summed E-state index contributed by atoms with van der Waals surface area (Å²) < 4.78 is 29.9. The maximum atomic E-state index is 14.1. The van der Waals surface area contributed by atoms with Crippen molar-refractivity contribution in [2.45, 2.75) is 122 Å². The van der Waals surface area contributed by atoms with Crippen molar-refractivity contribution >= 4 is 20.4 Å². The lowest BCUT2D eigenvalue weighted by atomic mass is 9.56. The summed E-state index contributed by atoms with van der Waals surface area (Å²) in [6, 6.07) is 0. The van der Waals surface area contributed by atoms with Gasteiger partial charge in [0.25, 0.3) is 0 Å². The molecule has 0 heterocycles. The number of aliphatic hydroxyl groups is 1. The molecule has 0 aromatic heterocycles. The Kier molecular flexibility index (Phi) is 9.42. The molecule has 0 amide bonds. The van der Waals surface area contributed by atoms with Crippen molar-refractivity contribution in [1.29, 1.82) is 0 Å². The number of aldehydes is 1. The molecule has 0 aromatic carbocycles. The maximum absolute atomic E-state index is 14.1. The number of ketones is 1. The number of carbonyl (C=O) groups is 2. The third-order valence-corrected chi connectivity index (χ3v) is 15.5. The second kappa shape index (κ2) is 11.2.